The molecular weight excluding hydrogens is 220 g/mol. The summed E-state index contributed by atoms with van der Waals surface area (Å²) in [5.41, 5.74) is 2.11. The highest BCUT2D eigenvalue weighted by Gasteiger charge is 2.29. The fourth-order valence-corrected chi connectivity index (χ4v) is 1.54. The van der Waals surface area contributed by atoms with Crippen LogP contribution in [-0.2, 0) is 14.4 Å². The van der Waals surface area contributed by atoms with Crippen molar-refractivity contribution in [3.63, 3.8) is 0 Å². The van der Waals surface area contributed by atoms with Gasteiger partial charge in [0.2, 0.25) is 6.10 Å². The van der Waals surface area contributed by atoms with Crippen LogP contribution in [-0.4, -0.2) is 24.9 Å². The molecule has 1 heterocycles. The summed E-state index contributed by atoms with van der Waals surface area (Å²) in [7, 11) is 1.31. The van der Waals surface area contributed by atoms with Gasteiger partial charge in [-0.1, -0.05) is 17.3 Å². The quantitative estimate of drug-likeness (QED) is 0.716. The van der Waals surface area contributed by atoms with E-state index < -0.39 is 12.1 Å². The van der Waals surface area contributed by atoms with E-state index in [-0.39, 0.29) is 0 Å². The van der Waals surface area contributed by atoms with Gasteiger partial charge in [-0.3, -0.25) is 0 Å². The van der Waals surface area contributed by atoms with Crippen molar-refractivity contribution in [2.45, 2.75) is 12.5 Å². The minimum atomic E-state index is -0.661. The summed E-state index contributed by atoms with van der Waals surface area (Å²) in [4.78, 5) is 16.2. The predicted octanol–water partition coefficient (Wildman–Crippen LogP) is 1.22. The molecule has 5 nitrogen and oxygen atoms in total. The molecule has 0 saturated carbocycles. The number of rotatable bonds is 2. The van der Waals surface area contributed by atoms with Crippen LogP contribution in [0.5, 0.6) is 0 Å². The normalized spacial score (nSPS) is 17.9. The molecule has 0 saturated heterocycles. The maximum atomic E-state index is 11.2. The van der Waals surface area contributed by atoms with Gasteiger partial charge in [0, 0.05) is 6.42 Å². The van der Waals surface area contributed by atoms with Crippen molar-refractivity contribution in [1.82, 2.24) is 0 Å². The molecule has 0 aromatic heterocycles. The van der Waals surface area contributed by atoms with E-state index >= 15 is 0 Å². The molecule has 17 heavy (non-hydrogen) atoms. The number of hydrogen-bond acceptors (Lipinski definition) is 5. The molecule has 0 amide bonds. The Labute approximate surface area is 98.2 Å². The number of carbonyl (C=O) groups excluding carboxylic acids is 1. The van der Waals surface area contributed by atoms with E-state index in [1.54, 1.807) is 24.3 Å². The highest BCUT2D eigenvalue weighted by molar-refractivity contribution is 6.03. The lowest BCUT2D eigenvalue weighted by Gasteiger charge is -2.04. The lowest BCUT2D eigenvalue weighted by atomic mass is 10.0. The van der Waals surface area contributed by atoms with Gasteiger partial charge in [0.05, 0.1) is 24.5 Å². The molecule has 0 spiro atoms. The van der Waals surface area contributed by atoms with Gasteiger partial charge in [-0.15, -0.1) is 0 Å². The van der Waals surface area contributed by atoms with Gasteiger partial charge in [0.15, 0.2) is 0 Å². The fraction of sp³-hybridized carbons (Fsp3) is 0.250. The van der Waals surface area contributed by atoms with E-state index in [4.69, 9.17) is 10.1 Å². The second-order valence-corrected chi connectivity index (χ2v) is 3.55. The molecule has 1 aromatic carbocycles. The van der Waals surface area contributed by atoms with Gasteiger partial charge in [0.25, 0.3) is 0 Å². The second-order valence-electron chi connectivity index (χ2n) is 3.55. The number of nitriles is 1. The number of hydrogen-bond donors (Lipinski definition) is 0. The van der Waals surface area contributed by atoms with Crippen molar-refractivity contribution in [3.8, 4) is 6.07 Å². The highest BCUT2D eigenvalue weighted by atomic mass is 16.7. The van der Waals surface area contributed by atoms with Gasteiger partial charge in [-0.05, 0) is 17.7 Å². The maximum Gasteiger partial charge on any atom is 0.350 e. The zero-order chi connectivity index (χ0) is 12.3. The van der Waals surface area contributed by atoms with Gasteiger partial charge in [-0.2, -0.15) is 5.26 Å². The molecule has 1 aromatic rings. The van der Waals surface area contributed by atoms with E-state index in [1.165, 1.54) is 7.11 Å². The molecule has 1 unspecified atom stereocenters. The van der Waals surface area contributed by atoms with Crippen molar-refractivity contribution in [2.24, 2.45) is 5.16 Å². The summed E-state index contributed by atoms with van der Waals surface area (Å²) in [6.07, 6.45) is -0.274. The Kier molecular flexibility index (Phi) is 3.06. The number of benzene rings is 1. The summed E-state index contributed by atoms with van der Waals surface area (Å²) in [5.74, 6) is -0.433. The lowest BCUT2D eigenvalue weighted by Crippen LogP contribution is -2.22. The molecule has 2 rings (SSSR count). The first-order valence-corrected chi connectivity index (χ1v) is 5.05. The average molecular weight is 230 g/mol. The molecule has 0 aliphatic carbocycles. The SMILES string of the molecule is COC(=O)C1CC(c2ccc(C#N)cc2)=NO1. The predicted molar refractivity (Wildman–Crippen MR) is 59.2 cm³/mol. The Bertz CT molecular complexity index is 499. The summed E-state index contributed by atoms with van der Waals surface area (Å²) in [6, 6.07) is 8.99. The maximum absolute atomic E-state index is 11.2. The van der Waals surface area contributed by atoms with Crippen LogP contribution in [0.25, 0.3) is 0 Å². The van der Waals surface area contributed by atoms with E-state index in [2.05, 4.69) is 9.89 Å². The lowest BCUT2D eigenvalue weighted by molar-refractivity contribution is -0.152. The van der Waals surface area contributed by atoms with Crippen molar-refractivity contribution >= 4 is 11.7 Å². The highest BCUT2D eigenvalue weighted by Crippen LogP contribution is 2.17. The zero-order valence-corrected chi connectivity index (χ0v) is 9.21. The van der Waals surface area contributed by atoms with Gasteiger partial charge >= 0.3 is 5.97 Å². The first-order chi connectivity index (χ1) is 8.24. The molecule has 1 aliphatic rings. The Morgan fingerprint density at radius 3 is 2.82 bits per heavy atom. The third-order valence-electron chi connectivity index (χ3n) is 2.48. The van der Waals surface area contributed by atoms with Crippen LogP contribution in [0.4, 0.5) is 0 Å². The van der Waals surface area contributed by atoms with E-state index in [0.717, 1.165) is 5.56 Å². The van der Waals surface area contributed by atoms with Crippen molar-refractivity contribution < 1.29 is 14.4 Å². The van der Waals surface area contributed by atoms with E-state index in [9.17, 15) is 4.79 Å². The van der Waals surface area contributed by atoms with Crippen LogP contribution in [0.2, 0.25) is 0 Å². The van der Waals surface area contributed by atoms with Crippen LogP contribution >= 0.6 is 0 Å². The third kappa shape index (κ3) is 2.26. The number of carbonyl (C=O) groups is 1. The van der Waals surface area contributed by atoms with Crippen molar-refractivity contribution in [3.05, 3.63) is 35.4 Å². The van der Waals surface area contributed by atoms with Crippen LogP contribution in [0.1, 0.15) is 17.5 Å². The second kappa shape index (κ2) is 4.66. The summed E-state index contributed by atoms with van der Waals surface area (Å²) in [6.45, 7) is 0. The molecule has 0 fully saturated rings. The summed E-state index contributed by atoms with van der Waals surface area (Å²) >= 11 is 0. The van der Waals surface area contributed by atoms with Gasteiger partial charge in [-0.25, -0.2) is 4.79 Å². The van der Waals surface area contributed by atoms with Crippen LogP contribution < -0.4 is 0 Å². The topological polar surface area (TPSA) is 71.7 Å². The Hall–Kier alpha value is -2.35. The molecule has 1 aliphatic heterocycles. The first kappa shape index (κ1) is 11.1. The van der Waals surface area contributed by atoms with Gasteiger partial charge in [0.1, 0.15) is 0 Å². The van der Waals surface area contributed by atoms with Crippen molar-refractivity contribution in [1.29, 1.82) is 5.26 Å². The Balaban J connectivity index is 2.10. The van der Waals surface area contributed by atoms with Crippen molar-refractivity contribution in [2.75, 3.05) is 7.11 Å². The zero-order valence-electron chi connectivity index (χ0n) is 9.21. The average Bonchev–Trinajstić information content (AvgIpc) is 2.87. The van der Waals surface area contributed by atoms with Crippen LogP contribution in [0.3, 0.4) is 0 Å². The van der Waals surface area contributed by atoms with E-state index in [1.807, 2.05) is 6.07 Å². The molecule has 0 N–H and O–H groups in total. The Morgan fingerprint density at radius 1 is 1.53 bits per heavy atom. The molecule has 0 radical (unpaired) electrons. The van der Waals surface area contributed by atoms with Crippen LogP contribution in [0.15, 0.2) is 29.4 Å². The number of esters is 1. The molecule has 86 valence electrons. The minimum Gasteiger partial charge on any atom is -0.466 e. The first-order valence-electron chi connectivity index (χ1n) is 5.05. The minimum absolute atomic E-state index is 0.387. The Morgan fingerprint density at radius 2 is 2.24 bits per heavy atom. The largest absolute Gasteiger partial charge is 0.466 e. The number of ether oxygens (including phenoxy) is 1. The smallest absolute Gasteiger partial charge is 0.350 e. The number of methoxy groups -OCH3 is 1. The van der Waals surface area contributed by atoms with Crippen LogP contribution in [0, 0.1) is 11.3 Å². The molecular formula is C12H10N2O3. The fourth-order valence-electron chi connectivity index (χ4n) is 1.54. The third-order valence-corrected chi connectivity index (χ3v) is 2.48. The van der Waals surface area contributed by atoms with E-state index in [0.29, 0.717) is 17.7 Å². The standard InChI is InChI=1S/C12H10N2O3/c1-16-12(15)11-6-10(14-17-11)9-4-2-8(7-13)3-5-9/h2-5,11H,6H2,1H3. The summed E-state index contributed by atoms with van der Waals surface area (Å²) in [5, 5.41) is 12.5. The monoisotopic (exact) mass is 230 g/mol. The molecule has 5 heteroatoms. The number of oxime groups is 1. The summed E-state index contributed by atoms with van der Waals surface area (Å²) < 4.78 is 4.57. The molecule has 0 bridgehead atoms. The molecule has 1 atom stereocenters. The van der Waals surface area contributed by atoms with Gasteiger partial charge < -0.3 is 9.57 Å². The number of nitrogens with zero attached hydrogens (tertiary/aromatic N) is 2.